The minimum Gasteiger partial charge on any atom is -1.00 e. The number of benzene rings is 2. The molecule has 0 bridgehead atoms. The molecule has 0 atom stereocenters. The van der Waals surface area contributed by atoms with Gasteiger partial charge in [-0.25, -0.2) is 0 Å². The monoisotopic (exact) mass is 428 g/mol. The van der Waals surface area contributed by atoms with Crippen LogP contribution in [-0.2, 0) is 16.6 Å². The molecule has 5 rings (SSSR count). The molecule has 0 nitrogen and oxygen atoms in total. The molecular formula is C24H22Cl2Ti. The van der Waals surface area contributed by atoms with Crippen LogP contribution in [0.2, 0.25) is 9.45 Å². The fraction of sp³-hybridized carbons (Fsp3) is 0.167. The summed E-state index contributed by atoms with van der Waals surface area (Å²) in [7, 11) is 0. The topological polar surface area (TPSA) is 0 Å². The van der Waals surface area contributed by atoms with Crippen LogP contribution in [0.1, 0.15) is 24.0 Å². The van der Waals surface area contributed by atoms with Crippen LogP contribution < -0.4 is 24.8 Å². The van der Waals surface area contributed by atoms with Gasteiger partial charge in [0.25, 0.3) is 0 Å². The smallest absolute Gasteiger partial charge is 1.00 e. The summed E-state index contributed by atoms with van der Waals surface area (Å²) in [5.74, 6) is 0. The van der Waals surface area contributed by atoms with Crippen molar-refractivity contribution in [3.63, 3.8) is 0 Å². The summed E-state index contributed by atoms with van der Waals surface area (Å²) in [6.45, 7) is 0. The summed E-state index contributed by atoms with van der Waals surface area (Å²) in [5, 5.41) is 0. The van der Waals surface area contributed by atoms with E-state index < -0.39 is 16.6 Å². The molecule has 2 aromatic carbocycles. The van der Waals surface area contributed by atoms with Crippen LogP contribution in [0.5, 0.6) is 0 Å². The largest absolute Gasteiger partial charge is 1.00 e. The van der Waals surface area contributed by atoms with E-state index in [0.29, 0.717) is 0 Å². The Bertz CT molecular complexity index is 857. The Kier molecular flexibility index (Phi) is 6.33. The fourth-order valence-corrected chi connectivity index (χ4v) is 11.9. The Hall–Kier alpha value is -1.31. The van der Waals surface area contributed by atoms with Gasteiger partial charge in [-0.1, -0.05) is 0 Å². The minimum atomic E-state index is -1.90. The Morgan fingerprint density at radius 2 is 0.963 bits per heavy atom. The van der Waals surface area contributed by atoms with Crippen molar-refractivity contribution in [1.29, 1.82) is 0 Å². The zero-order chi connectivity index (χ0) is 16.7. The van der Waals surface area contributed by atoms with Crippen molar-refractivity contribution < 1.29 is 41.4 Å². The van der Waals surface area contributed by atoms with Crippen molar-refractivity contribution in [3.8, 4) is 0 Å². The predicted molar refractivity (Wildman–Crippen MR) is 104 cm³/mol. The van der Waals surface area contributed by atoms with Gasteiger partial charge in [0.15, 0.2) is 0 Å². The zero-order valence-electron chi connectivity index (χ0n) is 15.2. The van der Waals surface area contributed by atoms with Crippen molar-refractivity contribution in [2.45, 2.75) is 22.3 Å². The summed E-state index contributed by atoms with van der Waals surface area (Å²) < 4.78 is 6.63. The summed E-state index contributed by atoms with van der Waals surface area (Å²) in [5.41, 5.74) is 5.64. The van der Waals surface area contributed by atoms with E-state index in [1.165, 1.54) is 44.6 Å². The van der Waals surface area contributed by atoms with Gasteiger partial charge in [0.1, 0.15) is 0 Å². The predicted octanol–water partition coefficient (Wildman–Crippen LogP) is 0.741. The molecule has 136 valence electrons. The molecule has 1 aliphatic heterocycles. The quantitative estimate of drug-likeness (QED) is 0.630. The van der Waals surface area contributed by atoms with Gasteiger partial charge < -0.3 is 24.8 Å². The second-order valence-electron chi connectivity index (χ2n) is 7.38. The molecule has 1 saturated heterocycles. The minimum absolute atomic E-state index is 0. The van der Waals surface area contributed by atoms with Crippen LogP contribution >= 0.6 is 0 Å². The van der Waals surface area contributed by atoms with Crippen molar-refractivity contribution >= 4 is 11.1 Å². The standard InChI is InChI=1S/2C11H9.C2H4.2ClH.Ti/c2*1-2-6-10(7-3-1)11-8-4-5-9-11;1-2;;;/h2*1-3,6-9H,4H2;1-2H2;2*1H;/q;;;;;+2/p-2. The first-order valence-corrected chi connectivity index (χ1v) is 13.1. The Morgan fingerprint density at radius 3 is 1.33 bits per heavy atom. The van der Waals surface area contributed by atoms with Crippen LogP contribution in [0.4, 0.5) is 0 Å². The fourth-order valence-electron chi connectivity index (χ4n) is 4.36. The SMILES string of the molecule is C1=C(c2ccccc2)C=[C]([Ti+2]2([C]3=CC(c4ccccc4)=CC3)[CH2][CH2]2)C1.[Cl-].[Cl-]. The molecule has 1 fully saturated rings. The molecule has 2 aliphatic carbocycles. The van der Waals surface area contributed by atoms with Gasteiger partial charge >= 0.3 is 154 Å². The third kappa shape index (κ3) is 3.82. The molecule has 0 amide bonds. The van der Waals surface area contributed by atoms with Gasteiger partial charge in [0, 0.05) is 0 Å². The van der Waals surface area contributed by atoms with E-state index in [4.69, 9.17) is 0 Å². The normalized spacial score (nSPS) is 17.9. The van der Waals surface area contributed by atoms with E-state index in [2.05, 4.69) is 85.0 Å². The maximum absolute atomic E-state index is 2.55. The van der Waals surface area contributed by atoms with Gasteiger partial charge in [-0.2, -0.15) is 0 Å². The second kappa shape index (κ2) is 8.37. The van der Waals surface area contributed by atoms with Crippen molar-refractivity contribution in [2.75, 3.05) is 0 Å². The van der Waals surface area contributed by atoms with Gasteiger partial charge in [-0.15, -0.1) is 0 Å². The Balaban J connectivity index is 0.00000105. The maximum atomic E-state index is 2.55. The van der Waals surface area contributed by atoms with E-state index >= 15 is 0 Å². The molecule has 2 aromatic rings. The van der Waals surface area contributed by atoms with Crippen molar-refractivity contribution in [3.05, 3.63) is 104 Å². The summed E-state index contributed by atoms with van der Waals surface area (Å²) in [4.78, 5) is 0. The summed E-state index contributed by atoms with van der Waals surface area (Å²) >= 11 is -1.90. The van der Waals surface area contributed by atoms with Crippen LogP contribution in [0.25, 0.3) is 11.1 Å². The van der Waals surface area contributed by atoms with Gasteiger partial charge in [-0.3, -0.25) is 0 Å². The van der Waals surface area contributed by atoms with Crippen LogP contribution in [0, 0.1) is 0 Å². The number of hydrogen-bond donors (Lipinski definition) is 0. The average molecular weight is 429 g/mol. The van der Waals surface area contributed by atoms with E-state index in [-0.39, 0.29) is 24.8 Å². The molecule has 0 radical (unpaired) electrons. The molecule has 0 aromatic heterocycles. The molecule has 0 spiro atoms. The number of allylic oxidation sites excluding steroid dienone is 8. The number of hydrogen-bond acceptors (Lipinski definition) is 0. The summed E-state index contributed by atoms with van der Waals surface area (Å²) in [6, 6.07) is 21.7. The molecule has 3 heteroatoms. The van der Waals surface area contributed by atoms with Crippen molar-refractivity contribution in [1.82, 2.24) is 0 Å². The molecule has 27 heavy (non-hydrogen) atoms. The van der Waals surface area contributed by atoms with Gasteiger partial charge in [0.05, 0.1) is 0 Å². The van der Waals surface area contributed by atoms with Crippen LogP contribution in [0.3, 0.4) is 0 Å². The van der Waals surface area contributed by atoms with Gasteiger partial charge in [-0.05, 0) is 0 Å². The first-order valence-electron chi connectivity index (χ1n) is 9.28. The zero-order valence-corrected chi connectivity index (χ0v) is 18.2. The molecule has 3 aliphatic rings. The van der Waals surface area contributed by atoms with E-state index in [9.17, 15) is 0 Å². The molecule has 0 saturated carbocycles. The van der Waals surface area contributed by atoms with E-state index in [0.717, 1.165) is 0 Å². The first kappa shape index (κ1) is 20.4. The Labute approximate surface area is 177 Å². The first-order chi connectivity index (χ1) is 12.4. The number of halogens is 2. The van der Waals surface area contributed by atoms with E-state index in [1.54, 1.807) is 0 Å². The third-order valence-electron chi connectivity index (χ3n) is 5.94. The number of rotatable bonds is 4. The van der Waals surface area contributed by atoms with Crippen LogP contribution in [-0.4, -0.2) is 0 Å². The molecule has 0 N–H and O–H groups in total. The van der Waals surface area contributed by atoms with E-state index in [1.807, 2.05) is 7.76 Å². The second-order valence-corrected chi connectivity index (χ2v) is 14.3. The van der Waals surface area contributed by atoms with Crippen LogP contribution in [0.15, 0.2) is 92.7 Å². The maximum Gasteiger partial charge on any atom is -1.00 e. The molecule has 1 heterocycles. The third-order valence-corrected chi connectivity index (χ3v) is 13.2. The summed E-state index contributed by atoms with van der Waals surface area (Å²) in [6.07, 6.45) is 12.4. The molecular weight excluding hydrogens is 407 g/mol. The van der Waals surface area contributed by atoms with Crippen molar-refractivity contribution in [2.24, 2.45) is 0 Å². The Morgan fingerprint density at radius 1 is 0.556 bits per heavy atom. The molecule has 0 unspecified atom stereocenters. The average Bonchev–Trinajstić information content (AvgIpc) is 3.12. The van der Waals surface area contributed by atoms with Gasteiger partial charge in [0.2, 0.25) is 0 Å².